The van der Waals surface area contributed by atoms with Gasteiger partial charge in [0.1, 0.15) is 12.4 Å². The van der Waals surface area contributed by atoms with E-state index in [0.29, 0.717) is 24.5 Å². The van der Waals surface area contributed by atoms with Gasteiger partial charge in [-0.1, -0.05) is 0 Å². The number of ether oxygens (including phenoxy) is 2. The number of hydrogen-bond donors (Lipinski definition) is 0. The fraction of sp³-hybridized carbons (Fsp3) is 0.538. The van der Waals surface area contributed by atoms with E-state index in [1.165, 1.54) is 12.1 Å². The Morgan fingerprint density at radius 1 is 1.32 bits per heavy atom. The third kappa shape index (κ3) is 5.44. The fourth-order valence-corrected chi connectivity index (χ4v) is 1.63. The zero-order valence-corrected chi connectivity index (χ0v) is 12.1. The van der Waals surface area contributed by atoms with Gasteiger partial charge in [-0.05, 0) is 26.8 Å². The van der Waals surface area contributed by atoms with Crippen LogP contribution in [-0.2, 0) is 10.6 Å². The summed E-state index contributed by atoms with van der Waals surface area (Å²) in [5.41, 5.74) is 0.397. The minimum Gasteiger partial charge on any atom is -0.491 e. The second-order valence-electron chi connectivity index (χ2n) is 4.99. The van der Waals surface area contributed by atoms with E-state index in [9.17, 15) is 10.1 Å². The first kappa shape index (κ1) is 15.7. The SMILES string of the molecule is CC(C)(C)OCCOc1ccc([N+](=O)[O-])cc1CCl. The summed E-state index contributed by atoms with van der Waals surface area (Å²) in [6, 6.07) is 4.38. The number of alkyl halides is 1. The minimum absolute atomic E-state index is 0.00828. The number of hydrogen-bond acceptors (Lipinski definition) is 4. The maximum absolute atomic E-state index is 10.7. The lowest BCUT2D eigenvalue weighted by atomic mass is 10.2. The molecule has 6 heteroatoms. The van der Waals surface area contributed by atoms with Crippen molar-refractivity contribution in [3.63, 3.8) is 0 Å². The van der Waals surface area contributed by atoms with Crippen molar-refractivity contribution in [2.24, 2.45) is 0 Å². The van der Waals surface area contributed by atoms with Crippen molar-refractivity contribution in [2.45, 2.75) is 32.3 Å². The smallest absolute Gasteiger partial charge is 0.270 e. The molecule has 0 aliphatic heterocycles. The summed E-state index contributed by atoms with van der Waals surface area (Å²) < 4.78 is 11.0. The van der Waals surface area contributed by atoms with Crippen LogP contribution in [0.1, 0.15) is 26.3 Å². The molecule has 0 unspecified atom stereocenters. The molecule has 0 saturated carbocycles. The lowest BCUT2D eigenvalue weighted by Crippen LogP contribution is -2.22. The normalized spacial score (nSPS) is 11.4. The average molecular weight is 288 g/mol. The van der Waals surface area contributed by atoms with Crippen LogP contribution in [0.2, 0.25) is 0 Å². The van der Waals surface area contributed by atoms with Gasteiger partial charge in [-0.15, -0.1) is 11.6 Å². The molecule has 0 aromatic heterocycles. The van der Waals surface area contributed by atoms with Crippen LogP contribution in [0, 0.1) is 10.1 Å². The van der Waals surface area contributed by atoms with Crippen molar-refractivity contribution in [1.29, 1.82) is 0 Å². The van der Waals surface area contributed by atoms with Crippen LogP contribution in [0.4, 0.5) is 5.69 Å². The molecule has 19 heavy (non-hydrogen) atoms. The summed E-state index contributed by atoms with van der Waals surface area (Å²) >= 11 is 5.76. The predicted octanol–water partition coefficient (Wildman–Crippen LogP) is 3.53. The molecule has 106 valence electrons. The highest BCUT2D eigenvalue weighted by atomic mass is 35.5. The highest BCUT2D eigenvalue weighted by Crippen LogP contribution is 2.25. The minimum atomic E-state index is -0.456. The summed E-state index contributed by atoms with van der Waals surface area (Å²) in [5.74, 6) is 0.718. The van der Waals surface area contributed by atoms with Crippen LogP contribution >= 0.6 is 11.6 Å². The highest BCUT2D eigenvalue weighted by Gasteiger charge is 2.12. The van der Waals surface area contributed by atoms with E-state index >= 15 is 0 Å². The van der Waals surface area contributed by atoms with Gasteiger partial charge in [0, 0.05) is 17.7 Å². The Kier molecular flexibility index (Phi) is 5.57. The Bertz CT molecular complexity index is 443. The molecule has 0 saturated heterocycles. The molecule has 0 heterocycles. The van der Waals surface area contributed by atoms with Crippen LogP contribution in [0.25, 0.3) is 0 Å². The summed E-state index contributed by atoms with van der Waals surface area (Å²) in [4.78, 5) is 10.2. The van der Waals surface area contributed by atoms with Crippen LogP contribution < -0.4 is 4.74 Å². The van der Waals surface area contributed by atoms with Crippen LogP contribution in [0.3, 0.4) is 0 Å². The number of benzene rings is 1. The molecule has 1 aromatic rings. The Morgan fingerprint density at radius 2 is 2.00 bits per heavy atom. The first-order chi connectivity index (χ1) is 8.83. The third-order valence-corrected chi connectivity index (χ3v) is 2.56. The topological polar surface area (TPSA) is 61.6 Å². The molecule has 1 rings (SSSR count). The van der Waals surface area contributed by atoms with E-state index < -0.39 is 4.92 Å². The van der Waals surface area contributed by atoms with E-state index in [1.54, 1.807) is 6.07 Å². The Hall–Kier alpha value is -1.33. The Balaban J connectivity index is 2.61. The van der Waals surface area contributed by atoms with E-state index in [-0.39, 0.29) is 17.2 Å². The second-order valence-corrected chi connectivity index (χ2v) is 5.26. The van der Waals surface area contributed by atoms with Crippen molar-refractivity contribution in [1.82, 2.24) is 0 Å². The predicted molar refractivity (Wildman–Crippen MR) is 73.9 cm³/mol. The zero-order chi connectivity index (χ0) is 14.5. The fourth-order valence-electron chi connectivity index (χ4n) is 1.42. The molecule has 0 fully saturated rings. The Morgan fingerprint density at radius 3 is 2.53 bits per heavy atom. The van der Waals surface area contributed by atoms with E-state index in [4.69, 9.17) is 21.1 Å². The molecule has 0 aliphatic rings. The van der Waals surface area contributed by atoms with Crippen molar-refractivity contribution < 1.29 is 14.4 Å². The van der Waals surface area contributed by atoms with E-state index in [1.807, 2.05) is 20.8 Å². The second kappa shape index (κ2) is 6.73. The maximum Gasteiger partial charge on any atom is 0.270 e. The molecular formula is C13H18ClNO4. The van der Waals surface area contributed by atoms with E-state index in [2.05, 4.69) is 0 Å². The van der Waals surface area contributed by atoms with Crippen molar-refractivity contribution in [2.75, 3.05) is 13.2 Å². The summed E-state index contributed by atoms with van der Waals surface area (Å²) in [6.07, 6.45) is 0. The van der Waals surface area contributed by atoms with Gasteiger partial charge in [0.15, 0.2) is 0 Å². The maximum atomic E-state index is 10.7. The average Bonchev–Trinajstić information content (AvgIpc) is 2.33. The first-order valence-electron chi connectivity index (χ1n) is 5.93. The molecule has 0 aliphatic carbocycles. The number of nitrogens with zero attached hydrogens (tertiary/aromatic N) is 1. The number of nitro benzene ring substituents is 1. The molecule has 5 nitrogen and oxygen atoms in total. The van der Waals surface area contributed by atoms with Gasteiger partial charge in [-0.25, -0.2) is 0 Å². The highest BCUT2D eigenvalue weighted by molar-refractivity contribution is 6.17. The quantitative estimate of drug-likeness (QED) is 0.347. The molecule has 1 aromatic carbocycles. The lowest BCUT2D eigenvalue weighted by molar-refractivity contribution is -0.384. The monoisotopic (exact) mass is 287 g/mol. The number of non-ortho nitro benzene ring substituents is 1. The molecule has 0 spiro atoms. The van der Waals surface area contributed by atoms with Crippen LogP contribution in [-0.4, -0.2) is 23.7 Å². The van der Waals surface area contributed by atoms with Gasteiger partial charge >= 0.3 is 0 Å². The van der Waals surface area contributed by atoms with Crippen LogP contribution in [0.5, 0.6) is 5.75 Å². The van der Waals surface area contributed by atoms with Gasteiger partial charge in [0.2, 0.25) is 0 Å². The number of rotatable bonds is 6. The molecule has 0 amide bonds. The van der Waals surface area contributed by atoms with Gasteiger partial charge in [0.25, 0.3) is 5.69 Å². The molecule has 0 bridgehead atoms. The first-order valence-corrected chi connectivity index (χ1v) is 6.47. The molecule has 0 N–H and O–H groups in total. The van der Waals surface area contributed by atoms with Gasteiger partial charge in [-0.2, -0.15) is 0 Å². The molecule has 0 radical (unpaired) electrons. The Labute approximate surface area is 117 Å². The largest absolute Gasteiger partial charge is 0.491 e. The van der Waals surface area contributed by atoms with Crippen molar-refractivity contribution >= 4 is 17.3 Å². The standard InChI is InChI=1S/C13H18ClNO4/c1-13(2,3)19-7-6-18-12-5-4-11(15(16)17)8-10(12)9-14/h4-5,8H,6-7,9H2,1-3H3. The lowest BCUT2D eigenvalue weighted by Gasteiger charge is -2.19. The van der Waals surface area contributed by atoms with Gasteiger partial charge < -0.3 is 9.47 Å². The van der Waals surface area contributed by atoms with Gasteiger partial charge in [-0.3, -0.25) is 10.1 Å². The third-order valence-electron chi connectivity index (χ3n) is 2.27. The summed E-state index contributed by atoms with van der Waals surface area (Å²) in [6.45, 7) is 6.70. The summed E-state index contributed by atoms with van der Waals surface area (Å²) in [5, 5.41) is 10.7. The van der Waals surface area contributed by atoms with E-state index in [0.717, 1.165) is 0 Å². The zero-order valence-electron chi connectivity index (χ0n) is 11.3. The van der Waals surface area contributed by atoms with Crippen molar-refractivity contribution in [3.05, 3.63) is 33.9 Å². The molecular weight excluding hydrogens is 270 g/mol. The van der Waals surface area contributed by atoms with Crippen molar-refractivity contribution in [3.8, 4) is 5.75 Å². The molecule has 0 atom stereocenters. The van der Waals surface area contributed by atoms with Gasteiger partial charge in [0.05, 0.1) is 23.0 Å². The van der Waals surface area contributed by atoms with Crippen LogP contribution in [0.15, 0.2) is 18.2 Å². The number of nitro groups is 1. The number of halogens is 1. The summed E-state index contributed by atoms with van der Waals surface area (Å²) in [7, 11) is 0.